The molecule has 7 heteroatoms. The van der Waals surface area contributed by atoms with Crippen LogP contribution in [0.15, 0.2) is 48.1 Å². The van der Waals surface area contributed by atoms with Crippen molar-refractivity contribution in [1.82, 2.24) is 19.9 Å². The molecule has 6 nitrogen and oxygen atoms in total. The van der Waals surface area contributed by atoms with Crippen molar-refractivity contribution in [3.63, 3.8) is 0 Å². The van der Waals surface area contributed by atoms with Crippen molar-refractivity contribution in [3.8, 4) is 34.4 Å². The lowest BCUT2D eigenvalue weighted by Gasteiger charge is -2.08. The number of ether oxygens (including phenoxy) is 1. The molecule has 4 rings (SSSR count). The summed E-state index contributed by atoms with van der Waals surface area (Å²) >= 11 is 1.39. The molecule has 0 spiro atoms. The van der Waals surface area contributed by atoms with Gasteiger partial charge in [0.25, 0.3) is 0 Å². The van der Waals surface area contributed by atoms with Gasteiger partial charge in [-0.15, -0.1) is 11.3 Å². The van der Waals surface area contributed by atoms with E-state index >= 15 is 0 Å². The summed E-state index contributed by atoms with van der Waals surface area (Å²) < 4.78 is 6.32. The molecule has 0 aliphatic heterocycles. The second kappa shape index (κ2) is 7.28. The van der Waals surface area contributed by atoms with E-state index in [0.29, 0.717) is 34.3 Å². The van der Waals surface area contributed by atoms with Crippen LogP contribution in [0.5, 0.6) is 11.6 Å². The van der Waals surface area contributed by atoms with E-state index in [9.17, 15) is 5.11 Å². The summed E-state index contributed by atoms with van der Waals surface area (Å²) in [6, 6.07) is 9.29. The first-order chi connectivity index (χ1) is 13.1. The lowest BCUT2D eigenvalue weighted by atomic mass is 10.2. The number of fused-ring (bicyclic) bond motifs is 1. The van der Waals surface area contributed by atoms with E-state index in [1.54, 1.807) is 12.4 Å². The molecule has 0 radical (unpaired) electrons. The molecule has 1 N–H and O–H groups in total. The molecule has 4 aromatic heterocycles. The van der Waals surface area contributed by atoms with Crippen LogP contribution in [-0.2, 0) is 0 Å². The van der Waals surface area contributed by atoms with Gasteiger partial charge in [0, 0.05) is 17.1 Å². The van der Waals surface area contributed by atoms with Crippen LogP contribution in [0.4, 0.5) is 0 Å². The van der Waals surface area contributed by atoms with E-state index in [1.165, 1.54) is 11.3 Å². The summed E-state index contributed by atoms with van der Waals surface area (Å²) in [5.74, 6) is 1.53. The van der Waals surface area contributed by atoms with E-state index < -0.39 is 0 Å². The van der Waals surface area contributed by atoms with E-state index in [4.69, 9.17) is 4.74 Å². The first kappa shape index (κ1) is 17.4. The van der Waals surface area contributed by atoms with Gasteiger partial charge in [-0.25, -0.2) is 4.98 Å². The molecule has 0 aliphatic carbocycles. The molecule has 0 unspecified atom stereocenters. The number of hydrogen-bond acceptors (Lipinski definition) is 7. The van der Waals surface area contributed by atoms with E-state index in [0.717, 1.165) is 17.0 Å². The third-order valence-corrected chi connectivity index (χ3v) is 4.85. The molecular formula is C20H18N4O2S. The van der Waals surface area contributed by atoms with Gasteiger partial charge in [0.2, 0.25) is 5.88 Å². The van der Waals surface area contributed by atoms with Crippen molar-refractivity contribution in [3.05, 3.63) is 48.1 Å². The summed E-state index contributed by atoms with van der Waals surface area (Å²) in [5, 5.41) is 12.3. The van der Waals surface area contributed by atoms with Crippen molar-refractivity contribution in [2.24, 2.45) is 5.92 Å². The molecule has 0 saturated heterocycles. The summed E-state index contributed by atoms with van der Waals surface area (Å²) in [6.07, 6.45) is 3.38. The monoisotopic (exact) mass is 378 g/mol. The molecule has 27 heavy (non-hydrogen) atoms. The fourth-order valence-corrected chi connectivity index (χ4v) is 3.47. The van der Waals surface area contributed by atoms with Crippen LogP contribution in [0.3, 0.4) is 0 Å². The standard InChI is InChI=1S/C20H18N4O2S/c1-12(2)10-26-13-6-7-15(22-9-13)14-11-27-18-17(14)23-19(24-20(18)25)16-5-3-4-8-21-16/h3-9,11-12H,10H2,1-2H3,(H,23,24,25). The Morgan fingerprint density at radius 1 is 1.07 bits per heavy atom. The molecule has 0 aliphatic rings. The van der Waals surface area contributed by atoms with Gasteiger partial charge in [0.15, 0.2) is 5.82 Å². The van der Waals surface area contributed by atoms with Gasteiger partial charge < -0.3 is 9.84 Å². The molecule has 136 valence electrons. The van der Waals surface area contributed by atoms with Crippen LogP contribution < -0.4 is 4.74 Å². The summed E-state index contributed by atoms with van der Waals surface area (Å²) in [5.41, 5.74) is 2.89. The number of rotatable bonds is 5. The highest BCUT2D eigenvalue weighted by molar-refractivity contribution is 7.18. The molecule has 0 bridgehead atoms. The Balaban J connectivity index is 1.73. The largest absolute Gasteiger partial charge is 0.492 e. The molecule has 0 saturated carbocycles. The molecule has 4 heterocycles. The Bertz CT molecular complexity index is 1060. The number of aromatic hydroxyl groups is 1. The third-order valence-electron chi connectivity index (χ3n) is 3.89. The van der Waals surface area contributed by atoms with Crippen molar-refractivity contribution in [2.45, 2.75) is 13.8 Å². The van der Waals surface area contributed by atoms with Gasteiger partial charge in [0.05, 0.1) is 24.0 Å². The number of thiophene rings is 1. The normalized spacial score (nSPS) is 11.2. The maximum atomic E-state index is 10.3. The highest BCUT2D eigenvalue weighted by atomic mass is 32.1. The minimum atomic E-state index is -0.0474. The zero-order valence-corrected chi connectivity index (χ0v) is 15.8. The lowest BCUT2D eigenvalue weighted by Crippen LogP contribution is -2.04. The minimum Gasteiger partial charge on any atom is -0.492 e. The first-order valence-corrected chi connectivity index (χ1v) is 9.48. The van der Waals surface area contributed by atoms with Crippen LogP contribution in [0, 0.1) is 5.92 Å². The first-order valence-electron chi connectivity index (χ1n) is 8.60. The SMILES string of the molecule is CC(C)COc1ccc(-c2csc3c(O)nc(-c4ccccn4)nc23)nc1. The van der Waals surface area contributed by atoms with Gasteiger partial charge in [0.1, 0.15) is 16.1 Å². The smallest absolute Gasteiger partial charge is 0.233 e. The fraction of sp³-hybridized carbons (Fsp3) is 0.200. The Morgan fingerprint density at radius 2 is 1.96 bits per heavy atom. The minimum absolute atomic E-state index is 0.0474. The lowest BCUT2D eigenvalue weighted by molar-refractivity contribution is 0.270. The number of aromatic nitrogens is 4. The van der Waals surface area contributed by atoms with E-state index in [1.807, 2.05) is 35.7 Å². The molecule has 4 aromatic rings. The van der Waals surface area contributed by atoms with Gasteiger partial charge in [-0.1, -0.05) is 19.9 Å². The van der Waals surface area contributed by atoms with Crippen molar-refractivity contribution in [1.29, 1.82) is 0 Å². The molecular weight excluding hydrogens is 360 g/mol. The average Bonchev–Trinajstić information content (AvgIpc) is 3.12. The highest BCUT2D eigenvalue weighted by Crippen LogP contribution is 2.37. The Morgan fingerprint density at radius 3 is 2.67 bits per heavy atom. The van der Waals surface area contributed by atoms with Crippen LogP contribution in [-0.4, -0.2) is 31.6 Å². The van der Waals surface area contributed by atoms with Crippen molar-refractivity contribution >= 4 is 21.6 Å². The maximum Gasteiger partial charge on any atom is 0.233 e. The molecule has 0 atom stereocenters. The number of nitrogens with zero attached hydrogens (tertiary/aromatic N) is 4. The van der Waals surface area contributed by atoms with Crippen LogP contribution in [0.1, 0.15) is 13.8 Å². The second-order valence-electron chi connectivity index (χ2n) is 6.50. The highest BCUT2D eigenvalue weighted by Gasteiger charge is 2.16. The quantitative estimate of drug-likeness (QED) is 0.548. The topological polar surface area (TPSA) is 81.0 Å². The average molecular weight is 378 g/mol. The molecule has 0 amide bonds. The van der Waals surface area contributed by atoms with Crippen LogP contribution in [0.2, 0.25) is 0 Å². The van der Waals surface area contributed by atoms with Gasteiger partial charge in [-0.3, -0.25) is 9.97 Å². The van der Waals surface area contributed by atoms with Crippen LogP contribution >= 0.6 is 11.3 Å². The van der Waals surface area contributed by atoms with Crippen molar-refractivity contribution in [2.75, 3.05) is 6.61 Å². The summed E-state index contributed by atoms with van der Waals surface area (Å²) in [6.45, 7) is 4.85. The summed E-state index contributed by atoms with van der Waals surface area (Å²) in [7, 11) is 0. The maximum absolute atomic E-state index is 10.3. The second-order valence-corrected chi connectivity index (χ2v) is 7.38. The number of pyridine rings is 2. The van der Waals surface area contributed by atoms with Crippen LogP contribution in [0.25, 0.3) is 33.0 Å². The molecule has 0 fully saturated rings. The van der Waals surface area contributed by atoms with E-state index in [2.05, 4.69) is 33.8 Å². The Labute approximate surface area is 160 Å². The molecule has 0 aromatic carbocycles. The predicted octanol–water partition coefficient (Wildman–Crippen LogP) is 4.56. The number of hydrogen-bond donors (Lipinski definition) is 1. The zero-order valence-electron chi connectivity index (χ0n) is 15.0. The van der Waals surface area contributed by atoms with Gasteiger partial charge in [-0.2, -0.15) is 4.98 Å². The van der Waals surface area contributed by atoms with Crippen molar-refractivity contribution < 1.29 is 9.84 Å². The van der Waals surface area contributed by atoms with E-state index in [-0.39, 0.29) is 5.88 Å². The Hall–Kier alpha value is -3.06. The van der Waals surface area contributed by atoms with Gasteiger partial charge >= 0.3 is 0 Å². The third kappa shape index (κ3) is 3.59. The summed E-state index contributed by atoms with van der Waals surface area (Å²) in [4.78, 5) is 17.6. The fourth-order valence-electron chi connectivity index (χ4n) is 2.58. The Kier molecular flexibility index (Phi) is 4.68. The van der Waals surface area contributed by atoms with Gasteiger partial charge in [-0.05, 0) is 30.2 Å². The predicted molar refractivity (Wildman–Crippen MR) is 106 cm³/mol. The zero-order chi connectivity index (χ0) is 18.8.